The van der Waals surface area contributed by atoms with Gasteiger partial charge in [0.25, 0.3) is 0 Å². The molecule has 6 nitrogen and oxygen atoms in total. The molecular formula is C20H33NO5Si. The zero-order valence-corrected chi connectivity index (χ0v) is 18.6. The molecule has 0 aromatic heterocycles. The normalized spacial score (nSPS) is 12.0. The fourth-order valence-corrected chi connectivity index (χ4v) is 3.56. The Bertz CT molecular complexity index is 680. The topological polar surface area (TPSA) is 87.9 Å². The third-order valence-electron chi connectivity index (χ3n) is 5.23. The Morgan fingerprint density at radius 3 is 1.89 bits per heavy atom. The SMILES string of the molecule is COC(=O)c1cc(CN)c(CCCO[Si](C)(C)C(C)(C)C)cc1C(=O)OC. The molecule has 0 spiro atoms. The number of hydrogen-bond donors (Lipinski definition) is 1. The van der Waals surface area contributed by atoms with Gasteiger partial charge in [0, 0.05) is 13.2 Å². The van der Waals surface area contributed by atoms with Crippen LogP contribution in [0.15, 0.2) is 12.1 Å². The number of aryl methyl sites for hydroxylation is 1. The Labute approximate surface area is 163 Å². The molecule has 1 aromatic carbocycles. The maximum Gasteiger partial charge on any atom is 0.338 e. The number of rotatable bonds is 8. The van der Waals surface area contributed by atoms with E-state index < -0.39 is 20.3 Å². The fourth-order valence-electron chi connectivity index (χ4n) is 2.48. The first kappa shape index (κ1) is 23.3. The van der Waals surface area contributed by atoms with E-state index in [1.807, 2.05) is 0 Å². The zero-order chi connectivity index (χ0) is 20.8. The van der Waals surface area contributed by atoms with Gasteiger partial charge in [-0.3, -0.25) is 0 Å². The van der Waals surface area contributed by atoms with Crippen LogP contribution in [0.1, 0.15) is 59.0 Å². The van der Waals surface area contributed by atoms with Gasteiger partial charge in [0.15, 0.2) is 8.32 Å². The number of carbonyl (C=O) groups excluding carboxylic acids is 2. The molecule has 0 atom stereocenters. The molecule has 0 amide bonds. The molecule has 0 bridgehead atoms. The second-order valence-electron chi connectivity index (χ2n) is 8.07. The molecular weight excluding hydrogens is 362 g/mol. The summed E-state index contributed by atoms with van der Waals surface area (Å²) in [7, 11) is 0.772. The second-order valence-corrected chi connectivity index (χ2v) is 12.9. The third-order valence-corrected chi connectivity index (χ3v) is 9.77. The van der Waals surface area contributed by atoms with Gasteiger partial charge in [0.2, 0.25) is 0 Å². The maximum absolute atomic E-state index is 12.1. The first-order valence-corrected chi connectivity index (χ1v) is 12.1. The van der Waals surface area contributed by atoms with Crippen LogP contribution in [0.5, 0.6) is 0 Å². The summed E-state index contributed by atoms with van der Waals surface area (Å²) < 4.78 is 15.8. The fraction of sp³-hybridized carbons (Fsp3) is 0.600. The van der Waals surface area contributed by atoms with Gasteiger partial charge in [-0.2, -0.15) is 0 Å². The monoisotopic (exact) mass is 395 g/mol. The molecule has 2 N–H and O–H groups in total. The summed E-state index contributed by atoms with van der Waals surface area (Å²) >= 11 is 0. The van der Waals surface area contributed by atoms with Gasteiger partial charge in [-0.05, 0) is 54.2 Å². The molecule has 7 heteroatoms. The van der Waals surface area contributed by atoms with Gasteiger partial charge >= 0.3 is 11.9 Å². The summed E-state index contributed by atoms with van der Waals surface area (Å²) in [6.45, 7) is 12.0. The van der Waals surface area contributed by atoms with Crippen LogP contribution in [0.25, 0.3) is 0 Å². The van der Waals surface area contributed by atoms with Crippen molar-refractivity contribution in [2.24, 2.45) is 5.73 Å². The summed E-state index contributed by atoms with van der Waals surface area (Å²) in [6.07, 6.45) is 1.50. The smallest absolute Gasteiger partial charge is 0.338 e. The average molecular weight is 396 g/mol. The molecule has 1 rings (SSSR count). The minimum atomic E-state index is -1.79. The maximum atomic E-state index is 12.1. The first-order valence-electron chi connectivity index (χ1n) is 9.15. The van der Waals surface area contributed by atoms with Crippen LogP contribution in [-0.4, -0.2) is 41.1 Å². The number of methoxy groups -OCH3 is 2. The van der Waals surface area contributed by atoms with Crippen molar-refractivity contribution in [1.82, 2.24) is 0 Å². The van der Waals surface area contributed by atoms with Crippen LogP contribution in [0.2, 0.25) is 18.1 Å². The number of carbonyl (C=O) groups is 2. The predicted octanol–water partition coefficient (Wildman–Crippen LogP) is 3.67. The summed E-state index contributed by atoms with van der Waals surface area (Å²) in [5.74, 6) is -1.16. The lowest BCUT2D eigenvalue weighted by Crippen LogP contribution is -2.41. The number of benzene rings is 1. The van der Waals surface area contributed by atoms with Crippen molar-refractivity contribution in [3.8, 4) is 0 Å². The van der Waals surface area contributed by atoms with E-state index in [1.54, 1.807) is 12.1 Å². The minimum absolute atomic E-state index is 0.162. The van der Waals surface area contributed by atoms with Crippen LogP contribution in [-0.2, 0) is 26.9 Å². The van der Waals surface area contributed by atoms with Crippen molar-refractivity contribution in [2.45, 2.75) is 58.3 Å². The lowest BCUT2D eigenvalue weighted by Gasteiger charge is -2.36. The van der Waals surface area contributed by atoms with Gasteiger partial charge in [-0.15, -0.1) is 0 Å². The van der Waals surface area contributed by atoms with E-state index >= 15 is 0 Å². The van der Waals surface area contributed by atoms with E-state index in [1.165, 1.54) is 14.2 Å². The summed E-state index contributed by atoms with van der Waals surface area (Å²) in [5, 5.41) is 0.162. The van der Waals surface area contributed by atoms with Crippen LogP contribution in [0, 0.1) is 0 Å². The minimum Gasteiger partial charge on any atom is -0.465 e. The van der Waals surface area contributed by atoms with Crippen LogP contribution >= 0.6 is 0 Å². The van der Waals surface area contributed by atoms with Gasteiger partial charge in [0.1, 0.15) is 0 Å². The standard InChI is InChI=1S/C20H33NO5Si/c1-20(2,3)27(6,7)26-10-8-9-14-11-16(18(22)24-4)17(19(23)25-5)12-15(14)13-21/h11-12H,8-10,13,21H2,1-7H3. The Hall–Kier alpha value is -1.70. The molecule has 0 saturated heterocycles. The summed E-state index contributed by atoms with van der Waals surface area (Å²) in [4.78, 5) is 24.1. The molecule has 0 fully saturated rings. The van der Waals surface area contributed by atoms with Crippen molar-refractivity contribution in [3.05, 3.63) is 34.4 Å². The largest absolute Gasteiger partial charge is 0.465 e. The Balaban J connectivity index is 3.00. The molecule has 1 aromatic rings. The van der Waals surface area contributed by atoms with E-state index in [4.69, 9.17) is 19.6 Å². The third kappa shape index (κ3) is 5.89. The van der Waals surface area contributed by atoms with Crippen molar-refractivity contribution < 1.29 is 23.5 Å². The van der Waals surface area contributed by atoms with Gasteiger partial charge in [0.05, 0.1) is 25.3 Å². The summed E-state index contributed by atoms with van der Waals surface area (Å²) in [6, 6.07) is 3.31. The van der Waals surface area contributed by atoms with Crippen LogP contribution < -0.4 is 5.73 Å². The van der Waals surface area contributed by atoms with E-state index in [0.29, 0.717) is 13.0 Å². The van der Waals surface area contributed by atoms with E-state index in [-0.39, 0.29) is 22.7 Å². The highest BCUT2D eigenvalue weighted by molar-refractivity contribution is 6.74. The Kier molecular flexibility index (Phi) is 8.19. The van der Waals surface area contributed by atoms with E-state index in [2.05, 4.69) is 33.9 Å². The molecule has 0 aliphatic rings. The number of hydrogen-bond acceptors (Lipinski definition) is 6. The molecule has 0 heterocycles. The van der Waals surface area contributed by atoms with Crippen LogP contribution in [0.4, 0.5) is 0 Å². The van der Waals surface area contributed by atoms with Crippen LogP contribution in [0.3, 0.4) is 0 Å². The highest BCUT2D eigenvalue weighted by Gasteiger charge is 2.36. The Morgan fingerprint density at radius 2 is 1.48 bits per heavy atom. The van der Waals surface area contributed by atoms with Crippen molar-refractivity contribution >= 4 is 20.3 Å². The molecule has 0 aliphatic heterocycles. The first-order chi connectivity index (χ1) is 12.5. The molecule has 0 saturated carbocycles. The highest BCUT2D eigenvalue weighted by atomic mass is 28.4. The van der Waals surface area contributed by atoms with Gasteiger partial charge in [-0.1, -0.05) is 20.8 Å². The molecule has 0 aliphatic carbocycles. The van der Waals surface area contributed by atoms with Crippen molar-refractivity contribution in [3.63, 3.8) is 0 Å². The number of nitrogens with two attached hydrogens (primary N) is 1. The second kappa shape index (κ2) is 9.48. The van der Waals surface area contributed by atoms with Crippen molar-refractivity contribution in [2.75, 3.05) is 20.8 Å². The lowest BCUT2D eigenvalue weighted by atomic mass is 9.95. The quantitative estimate of drug-likeness (QED) is 0.410. The highest BCUT2D eigenvalue weighted by Crippen LogP contribution is 2.36. The number of esters is 2. The van der Waals surface area contributed by atoms with Gasteiger partial charge < -0.3 is 19.6 Å². The molecule has 27 heavy (non-hydrogen) atoms. The number of ether oxygens (including phenoxy) is 2. The predicted molar refractivity (Wildman–Crippen MR) is 108 cm³/mol. The molecule has 0 radical (unpaired) electrons. The summed E-state index contributed by atoms with van der Waals surface area (Å²) in [5.41, 5.74) is 7.96. The Morgan fingerprint density at radius 1 is 1.00 bits per heavy atom. The van der Waals surface area contributed by atoms with E-state index in [9.17, 15) is 9.59 Å². The van der Waals surface area contributed by atoms with E-state index in [0.717, 1.165) is 17.5 Å². The molecule has 152 valence electrons. The van der Waals surface area contributed by atoms with Gasteiger partial charge in [-0.25, -0.2) is 9.59 Å². The molecule has 0 unspecified atom stereocenters. The van der Waals surface area contributed by atoms with Crippen molar-refractivity contribution in [1.29, 1.82) is 0 Å². The zero-order valence-electron chi connectivity index (χ0n) is 17.6. The lowest BCUT2D eigenvalue weighted by molar-refractivity contribution is 0.0555. The average Bonchev–Trinajstić information content (AvgIpc) is 2.62.